The Hall–Kier alpha value is -1.85. The van der Waals surface area contributed by atoms with Crippen LogP contribution in [0.15, 0.2) is 46.9 Å². The Morgan fingerprint density at radius 1 is 1.32 bits per heavy atom. The summed E-state index contributed by atoms with van der Waals surface area (Å²) < 4.78 is 6.10. The minimum atomic E-state index is -0.381. The van der Waals surface area contributed by atoms with E-state index in [-0.39, 0.29) is 18.6 Å². The zero-order valence-electron chi connectivity index (χ0n) is 12.1. The van der Waals surface area contributed by atoms with Crippen molar-refractivity contribution < 1.29 is 14.6 Å². The zero-order chi connectivity index (χ0) is 15.7. The van der Waals surface area contributed by atoms with Gasteiger partial charge in [0.25, 0.3) is 5.91 Å². The molecule has 1 aliphatic rings. The highest BCUT2D eigenvalue weighted by Crippen LogP contribution is 2.33. The summed E-state index contributed by atoms with van der Waals surface area (Å²) >= 11 is 3.39. The van der Waals surface area contributed by atoms with Crippen LogP contribution in [-0.4, -0.2) is 29.6 Å². The summed E-state index contributed by atoms with van der Waals surface area (Å²) in [4.78, 5) is 14.3. The van der Waals surface area contributed by atoms with Crippen molar-refractivity contribution in [3.63, 3.8) is 0 Å². The van der Waals surface area contributed by atoms with E-state index in [4.69, 9.17) is 4.74 Å². The molecule has 0 aliphatic carbocycles. The molecule has 2 aromatic carbocycles. The smallest absolute Gasteiger partial charge is 0.255 e. The molecule has 5 heteroatoms. The second kappa shape index (κ2) is 6.10. The summed E-state index contributed by atoms with van der Waals surface area (Å²) in [5, 5.41) is 9.81. The molecule has 0 bridgehead atoms. The highest BCUT2D eigenvalue weighted by Gasteiger charge is 2.33. The summed E-state index contributed by atoms with van der Waals surface area (Å²) in [5.41, 5.74) is 2.53. The Balaban J connectivity index is 1.94. The number of carbonyl (C=O) groups is 1. The molecule has 0 saturated carbocycles. The lowest BCUT2D eigenvalue weighted by molar-refractivity contribution is 0.0615. The summed E-state index contributed by atoms with van der Waals surface area (Å²) in [6.07, 6.45) is 0. The molecule has 114 valence electrons. The van der Waals surface area contributed by atoms with Gasteiger partial charge in [0.1, 0.15) is 5.75 Å². The summed E-state index contributed by atoms with van der Waals surface area (Å²) in [5.74, 6) is 0.654. The third-order valence-corrected chi connectivity index (χ3v) is 4.42. The fraction of sp³-hybridized carbons (Fsp3) is 0.235. The predicted octanol–water partition coefficient (Wildman–Crippen LogP) is 3.15. The third kappa shape index (κ3) is 2.62. The molecular weight excluding hydrogens is 346 g/mol. The molecule has 0 fully saturated rings. The van der Waals surface area contributed by atoms with Crippen LogP contribution in [0.25, 0.3) is 0 Å². The van der Waals surface area contributed by atoms with E-state index in [1.54, 1.807) is 12.0 Å². The van der Waals surface area contributed by atoms with E-state index in [0.29, 0.717) is 17.9 Å². The van der Waals surface area contributed by atoms with Crippen LogP contribution in [0.5, 0.6) is 5.75 Å². The maximum atomic E-state index is 12.6. The standard InChI is InChI=1S/C17H16BrNO3/c1-22-14-4-2-3-11(7-14)16(10-20)19-9-12-5-6-13(18)8-15(12)17(19)21/h2-8,16,20H,9-10H2,1H3. The van der Waals surface area contributed by atoms with Crippen LogP contribution >= 0.6 is 15.9 Å². The number of ether oxygens (including phenoxy) is 1. The van der Waals surface area contributed by atoms with Gasteiger partial charge in [-0.15, -0.1) is 0 Å². The Morgan fingerprint density at radius 2 is 2.14 bits per heavy atom. The van der Waals surface area contributed by atoms with Gasteiger partial charge in [-0.1, -0.05) is 34.1 Å². The minimum absolute atomic E-state index is 0.0573. The van der Waals surface area contributed by atoms with Gasteiger partial charge in [0.2, 0.25) is 0 Å². The van der Waals surface area contributed by atoms with Gasteiger partial charge >= 0.3 is 0 Å². The fourth-order valence-corrected chi connectivity index (χ4v) is 3.14. The van der Waals surface area contributed by atoms with Crippen molar-refractivity contribution in [3.05, 3.63) is 63.6 Å². The van der Waals surface area contributed by atoms with Gasteiger partial charge in [-0.3, -0.25) is 4.79 Å². The van der Waals surface area contributed by atoms with Crippen LogP contribution in [0.2, 0.25) is 0 Å². The highest BCUT2D eigenvalue weighted by molar-refractivity contribution is 9.10. The first-order valence-corrected chi connectivity index (χ1v) is 7.77. The van der Waals surface area contributed by atoms with E-state index in [9.17, 15) is 9.90 Å². The number of rotatable bonds is 4. The van der Waals surface area contributed by atoms with Crippen molar-refractivity contribution in [2.75, 3.05) is 13.7 Å². The maximum absolute atomic E-state index is 12.6. The number of hydrogen-bond donors (Lipinski definition) is 1. The number of benzene rings is 2. The molecule has 0 aromatic heterocycles. The van der Waals surface area contributed by atoms with Gasteiger partial charge in [0.05, 0.1) is 19.8 Å². The number of nitrogens with zero attached hydrogens (tertiary/aromatic N) is 1. The number of hydrogen-bond acceptors (Lipinski definition) is 3. The van der Waals surface area contributed by atoms with Crippen LogP contribution in [0.1, 0.15) is 27.5 Å². The SMILES string of the molecule is COc1cccc(C(CO)N2Cc3ccc(Br)cc3C2=O)c1. The molecule has 1 aliphatic heterocycles. The molecule has 0 spiro atoms. The molecule has 0 saturated heterocycles. The van der Waals surface area contributed by atoms with Crippen molar-refractivity contribution in [2.24, 2.45) is 0 Å². The number of carbonyl (C=O) groups excluding carboxylic acids is 1. The molecule has 3 rings (SSSR count). The molecular formula is C17H16BrNO3. The van der Waals surface area contributed by atoms with Crippen LogP contribution in [-0.2, 0) is 6.54 Å². The topological polar surface area (TPSA) is 49.8 Å². The lowest BCUT2D eigenvalue weighted by atomic mass is 10.1. The Labute approximate surface area is 137 Å². The second-order valence-corrected chi connectivity index (χ2v) is 6.13. The van der Waals surface area contributed by atoms with Crippen molar-refractivity contribution >= 4 is 21.8 Å². The first kappa shape index (κ1) is 15.1. The van der Waals surface area contributed by atoms with Gasteiger partial charge in [0.15, 0.2) is 0 Å². The summed E-state index contributed by atoms with van der Waals surface area (Å²) in [6.45, 7) is 0.373. The Kier molecular flexibility index (Phi) is 4.18. The van der Waals surface area contributed by atoms with Crippen molar-refractivity contribution in [1.82, 2.24) is 4.90 Å². The van der Waals surface area contributed by atoms with Gasteiger partial charge in [-0.25, -0.2) is 0 Å². The lowest BCUT2D eigenvalue weighted by Crippen LogP contribution is -2.31. The third-order valence-electron chi connectivity index (χ3n) is 3.93. The molecule has 0 radical (unpaired) electrons. The molecule has 1 N–H and O–H groups in total. The molecule has 4 nitrogen and oxygen atoms in total. The lowest BCUT2D eigenvalue weighted by Gasteiger charge is -2.26. The maximum Gasteiger partial charge on any atom is 0.255 e. The first-order chi connectivity index (χ1) is 10.6. The van der Waals surface area contributed by atoms with Crippen LogP contribution < -0.4 is 4.74 Å². The average molecular weight is 362 g/mol. The van der Waals surface area contributed by atoms with Crippen LogP contribution in [0.3, 0.4) is 0 Å². The molecule has 1 amide bonds. The number of halogens is 1. The minimum Gasteiger partial charge on any atom is -0.497 e. The van der Waals surface area contributed by atoms with Gasteiger partial charge in [-0.2, -0.15) is 0 Å². The van der Waals surface area contributed by atoms with Crippen LogP contribution in [0.4, 0.5) is 0 Å². The van der Waals surface area contributed by atoms with E-state index in [0.717, 1.165) is 15.6 Å². The normalized spacial score (nSPS) is 14.9. The fourth-order valence-electron chi connectivity index (χ4n) is 2.78. The largest absolute Gasteiger partial charge is 0.497 e. The van der Waals surface area contributed by atoms with E-state index < -0.39 is 0 Å². The predicted molar refractivity (Wildman–Crippen MR) is 86.8 cm³/mol. The van der Waals surface area contributed by atoms with Gasteiger partial charge in [0, 0.05) is 16.6 Å². The number of aliphatic hydroxyl groups is 1. The van der Waals surface area contributed by atoms with Crippen LogP contribution in [0, 0.1) is 0 Å². The van der Waals surface area contributed by atoms with Crippen molar-refractivity contribution in [1.29, 1.82) is 0 Å². The number of aliphatic hydroxyl groups excluding tert-OH is 1. The average Bonchev–Trinajstić information content (AvgIpc) is 2.85. The van der Waals surface area contributed by atoms with E-state index in [2.05, 4.69) is 15.9 Å². The summed E-state index contributed by atoms with van der Waals surface area (Å²) in [7, 11) is 1.60. The van der Waals surface area contributed by atoms with Crippen molar-refractivity contribution in [2.45, 2.75) is 12.6 Å². The summed E-state index contributed by atoms with van der Waals surface area (Å²) in [6, 6.07) is 12.8. The second-order valence-electron chi connectivity index (χ2n) is 5.21. The molecule has 22 heavy (non-hydrogen) atoms. The molecule has 1 unspecified atom stereocenters. The molecule has 2 aromatic rings. The number of fused-ring (bicyclic) bond motifs is 1. The Morgan fingerprint density at radius 3 is 2.86 bits per heavy atom. The van der Waals surface area contributed by atoms with E-state index >= 15 is 0 Å². The quantitative estimate of drug-likeness (QED) is 0.909. The molecule has 1 atom stereocenters. The van der Waals surface area contributed by atoms with Crippen molar-refractivity contribution in [3.8, 4) is 5.75 Å². The number of amides is 1. The van der Waals surface area contributed by atoms with E-state index in [1.807, 2.05) is 42.5 Å². The monoisotopic (exact) mass is 361 g/mol. The molecule has 1 heterocycles. The van der Waals surface area contributed by atoms with Gasteiger partial charge in [-0.05, 0) is 35.4 Å². The number of methoxy groups -OCH3 is 1. The zero-order valence-corrected chi connectivity index (χ0v) is 13.7. The highest BCUT2D eigenvalue weighted by atomic mass is 79.9. The van der Waals surface area contributed by atoms with E-state index in [1.165, 1.54) is 0 Å². The van der Waals surface area contributed by atoms with Gasteiger partial charge < -0.3 is 14.7 Å². The Bertz CT molecular complexity index is 717. The first-order valence-electron chi connectivity index (χ1n) is 6.98.